The average molecular weight is 369 g/mol. The second-order valence-corrected chi connectivity index (χ2v) is 5.91. The number of carbonyl (C=O) groups is 1. The Morgan fingerprint density at radius 1 is 1.08 bits per heavy atom. The Balaban J connectivity index is 1.58. The number of halogens is 1. The third-order valence-electron chi connectivity index (χ3n) is 3.63. The first-order valence-corrected chi connectivity index (χ1v) is 8.35. The lowest BCUT2D eigenvalue weighted by molar-refractivity contribution is 0.104. The van der Waals surface area contributed by atoms with Gasteiger partial charge in [-0.1, -0.05) is 17.7 Å². The standard InChI is InChI=1S/C21H17ClO4/c1-24-17-7-5-15(6-8-17)21(23)12-11-18-9-10-20(26-18)14-25-19-4-2-3-16(22)13-19/h2-13H,14H2,1H3/b12-11+. The number of hydrogen-bond acceptors (Lipinski definition) is 4. The molecule has 3 rings (SSSR count). The molecule has 5 heteroatoms. The fraction of sp³-hybridized carbons (Fsp3) is 0.0952. The first-order valence-electron chi connectivity index (χ1n) is 7.97. The van der Waals surface area contributed by atoms with Crippen LogP contribution in [0.4, 0.5) is 0 Å². The number of furan rings is 1. The molecule has 0 radical (unpaired) electrons. The van der Waals surface area contributed by atoms with Crippen LogP contribution in [0, 0.1) is 0 Å². The number of hydrogen-bond donors (Lipinski definition) is 0. The summed E-state index contributed by atoms with van der Waals surface area (Å²) in [5.74, 6) is 2.50. The van der Waals surface area contributed by atoms with Crippen molar-refractivity contribution in [2.75, 3.05) is 7.11 Å². The molecule has 26 heavy (non-hydrogen) atoms. The van der Waals surface area contributed by atoms with Crippen LogP contribution in [0.5, 0.6) is 11.5 Å². The highest BCUT2D eigenvalue weighted by atomic mass is 35.5. The van der Waals surface area contributed by atoms with Gasteiger partial charge in [0.2, 0.25) is 0 Å². The summed E-state index contributed by atoms with van der Waals surface area (Å²) in [5, 5.41) is 0.614. The topological polar surface area (TPSA) is 48.7 Å². The Hall–Kier alpha value is -2.98. The quantitative estimate of drug-likeness (QED) is 0.413. The molecule has 1 heterocycles. The summed E-state index contributed by atoms with van der Waals surface area (Å²) in [6, 6.07) is 17.7. The highest BCUT2D eigenvalue weighted by molar-refractivity contribution is 6.30. The van der Waals surface area contributed by atoms with E-state index in [2.05, 4.69) is 0 Å². The Labute approximate surface area is 156 Å². The largest absolute Gasteiger partial charge is 0.497 e. The number of methoxy groups -OCH3 is 1. The number of benzene rings is 2. The maximum atomic E-state index is 12.2. The molecule has 0 N–H and O–H groups in total. The average Bonchev–Trinajstić information content (AvgIpc) is 3.12. The Morgan fingerprint density at radius 3 is 2.62 bits per heavy atom. The van der Waals surface area contributed by atoms with Gasteiger partial charge in [0.1, 0.15) is 29.6 Å². The normalized spacial score (nSPS) is 10.8. The molecule has 0 saturated carbocycles. The molecule has 0 atom stereocenters. The monoisotopic (exact) mass is 368 g/mol. The maximum absolute atomic E-state index is 12.2. The zero-order chi connectivity index (χ0) is 18.4. The number of carbonyl (C=O) groups excluding carboxylic acids is 1. The fourth-order valence-electron chi connectivity index (χ4n) is 2.28. The van der Waals surface area contributed by atoms with Crippen LogP contribution in [0.2, 0.25) is 5.02 Å². The minimum absolute atomic E-state index is 0.110. The van der Waals surface area contributed by atoms with Crippen LogP contribution in [0.3, 0.4) is 0 Å². The molecule has 0 fully saturated rings. The van der Waals surface area contributed by atoms with Crippen LogP contribution in [-0.4, -0.2) is 12.9 Å². The molecule has 0 unspecified atom stereocenters. The zero-order valence-corrected chi connectivity index (χ0v) is 14.9. The van der Waals surface area contributed by atoms with E-state index in [1.165, 1.54) is 6.08 Å². The molecule has 0 bridgehead atoms. The highest BCUT2D eigenvalue weighted by Gasteiger charge is 2.04. The predicted octanol–water partition coefficient (Wildman–Crippen LogP) is 5.42. The Bertz CT molecular complexity index is 910. The van der Waals surface area contributed by atoms with E-state index in [1.807, 2.05) is 18.2 Å². The van der Waals surface area contributed by atoms with Gasteiger partial charge < -0.3 is 13.9 Å². The van der Waals surface area contributed by atoms with Crippen LogP contribution in [0.25, 0.3) is 6.08 Å². The molecule has 0 spiro atoms. The SMILES string of the molecule is COc1ccc(C(=O)/C=C/c2ccc(COc3cccc(Cl)c3)o2)cc1. The number of ketones is 1. The molecule has 0 aliphatic heterocycles. The van der Waals surface area contributed by atoms with Gasteiger partial charge in [-0.15, -0.1) is 0 Å². The van der Waals surface area contributed by atoms with Gasteiger partial charge in [0.25, 0.3) is 0 Å². The van der Waals surface area contributed by atoms with E-state index >= 15 is 0 Å². The predicted molar refractivity (Wildman–Crippen MR) is 101 cm³/mol. The van der Waals surface area contributed by atoms with E-state index in [9.17, 15) is 4.79 Å². The summed E-state index contributed by atoms with van der Waals surface area (Å²) < 4.78 is 16.3. The van der Waals surface area contributed by atoms with Crippen molar-refractivity contribution in [2.45, 2.75) is 6.61 Å². The zero-order valence-electron chi connectivity index (χ0n) is 14.1. The third-order valence-corrected chi connectivity index (χ3v) is 3.87. The molecule has 3 aromatic rings. The van der Waals surface area contributed by atoms with Gasteiger partial charge in [-0.2, -0.15) is 0 Å². The van der Waals surface area contributed by atoms with Crippen molar-refractivity contribution in [1.82, 2.24) is 0 Å². The number of rotatable bonds is 7. The summed E-state index contributed by atoms with van der Waals surface area (Å²) >= 11 is 5.92. The van der Waals surface area contributed by atoms with Gasteiger partial charge in [0, 0.05) is 10.6 Å². The summed E-state index contributed by atoms with van der Waals surface area (Å²) in [4.78, 5) is 12.2. The van der Waals surface area contributed by atoms with E-state index in [4.69, 9.17) is 25.5 Å². The van der Waals surface area contributed by atoms with Gasteiger partial charge in [-0.05, 0) is 66.7 Å². The third kappa shape index (κ3) is 4.77. The van der Waals surface area contributed by atoms with Crippen LogP contribution in [0.1, 0.15) is 21.9 Å². The van der Waals surface area contributed by atoms with Gasteiger partial charge >= 0.3 is 0 Å². The molecular weight excluding hydrogens is 352 g/mol. The van der Waals surface area contributed by atoms with Gasteiger partial charge in [0.15, 0.2) is 5.78 Å². The highest BCUT2D eigenvalue weighted by Crippen LogP contribution is 2.19. The van der Waals surface area contributed by atoms with E-state index in [-0.39, 0.29) is 12.4 Å². The summed E-state index contributed by atoms with van der Waals surface area (Å²) in [6.07, 6.45) is 3.11. The van der Waals surface area contributed by atoms with E-state index in [1.54, 1.807) is 55.7 Å². The van der Waals surface area contributed by atoms with Crippen LogP contribution >= 0.6 is 11.6 Å². The van der Waals surface area contributed by atoms with Crippen molar-refractivity contribution in [3.63, 3.8) is 0 Å². The lowest BCUT2D eigenvalue weighted by Gasteiger charge is -2.03. The number of allylic oxidation sites excluding steroid dienone is 1. The van der Waals surface area contributed by atoms with Crippen molar-refractivity contribution >= 4 is 23.5 Å². The van der Waals surface area contributed by atoms with Gasteiger partial charge in [0.05, 0.1) is 7.11 Å². The summed E-state index contributed by atoms with van der Waals surface area (Å²) in [6.45, 7) is 0.278. The molecule has 1 aromatic heterocycles. The van der Waals surface area contributed by atoms with Crippen molar-refractivity contribution < 1.29 is 18.7 Å². The van der Waals surface area contributed by atoms with Gasteiger partial charge in [-0.3, -0.25) is 4.79 Å². The minimum atomic E-state index is -0.110. The summed E-state index contributed by atoms with van der Waals surface area (Å²) in [7, 11) is 1.58. The molecule has 132 valence electrons. The first-order chi connectivity index (χ1) is 12.6. The Morgan fingerprint density at radius 2 is 1.88 bits per heavy atom. The molecule has 4 nitrogen and oxygen atoms in total. The van der Waals surface area contributed by atoms with Crippen LogP contribution in [-0.2, 0) is 6.61 Å². The minimum Gasteiger partial charge on any atom is -0.497 e. The lowest BCUT2D eigenvalue weighted by Crippen LogP contribution is -1.94. The van der Waals surface area contributed by atoms with Crippen LogP contribution < -0.4 is 9.47 Å². The lowest BCUT2D eigenvalue weighted by atomic mass is 10.1. The molecule has 2 aromatic carbocycles. The molecule has 0 saturated heterocycles. The molecule has 0 aliphatic rings. The van der Waals surface area contributed by atoms with Crippen molar-refractivity contribution in [3.05, 3.63) is 88.8 Å². The van der Waals surface area contributed by atoms with Gasteiger partial charge in [-0.25, -0.2) is 0 Å². The van der Waals surface area contributed by atoms with E-state index in [0.29, 0.717) is 33.6 Å². The van der Waals surface area contributed by atoms with Crippen molar-refractivity contribution in [3.8, 4) is 11.5 Å². The smallest absolute Gasteiger partial charge is 0.185 e. The first kappa shape index (κ1) is 17.8. The second-order valence-electron chi connectivity index (χ2n) is 5.48. The fourth-order valence-corrected chi connectivity index (χ4v) is 2.46. The van der Waals surface area contributed by atoms with Crippen molar-refractivity contribution in [2.24, 2.45) is 0 Å². The second kappa shape index (κ2) is 8.41. The maximum Gasteiger partial charge on any atom is 0.185 e. The van der Waals surface area contributed by atoms with Crippen molar-refractivity contribution in [1.29, 1.82) is 0 Å². The van der Waals surface area contributed by atoms with E-state index in [0.717, 1.165) is 0 Å². The number of ether oxygens (including phenoxy) is 2. The molecule has 0 amide bonds. The summed E-state index contributed by atoms with van der Waals surface area (Å²) in [5.41, 5.74) is 0.582. The molecule has 0 aliphatic carbocycles. The van der Waals surface area contributed by atoms with E-state index < -0.39 is 0 Å². The molecular formula is C21H17ClO4. The van der Waals surface area contributed by atoms with Crippen LogP contribution in [0.15, 0.2) is 71.2 Å². The Kier molecular flexibility index (Phi) is 5.77.